The minimum atomic E-state index is -0.413. The smallest absolute Gasteiger partial charge is 0.207 e. The molecule has 0 saturated carbocycles. The van der Waals surface area contributed by atoms with Gasteiger partial charge in [-0.3, -0.25) is 5.41 Å². The van der Waals surface area contributed by atoms with E-state index in [1.165, 1.54) is 18.2 Å². The van der Waals surface area contributed by atoms with E-state index < -0.39 is 5.82 Å². The molecule has 0 atom stereocenters. The molecule has 0 spiro atoms. The number of anilines is 1. The van der Waals surface area contributed by atoms with Crippen LogP contribution in [0.15, 0.2) is 24.3 Å². The van der Waals surface area contributed by atoms with Gasteiger partial charge in [-0.25, -0.2) is 15.2 Å². The molecule has 0 aliphatic heterocycles. The SMILES string of the molecule is N=C(N)N(N)c1cccc(F)c1. The van der Waals surface area contributed by atoms with Crippen LogP contribution in [0.2, 0.25) is 0 Å². The molecule has 0 aromatic heterocycles. The summed E-state index contributed by atoms with van der Waals surface area (Å²) in [6.07, 6.45) is 0. The topological polar surface area (TPSA) is 79.1 Å². The van der Waals surface area contributed by atoms with Crippen molar-refractivity contribution in [2.45, 2.75) is 0 Å². The highest BCUT2D eigenvalue weighted by Crippen LogP contribution is 2.11. The Morgan fingerprint density at radius 3 is 2.67 bits per heavy atom. The van der Waals surface area contributed by atoms with Crippen LogP contribution in [0, 0.1) is 11.2 Å². The zero-order valence-electron chi connectivity index (χ0n) is 6.29. The summed E-state index contributed by atoms with van der Waals surface area (Å²) in [6, 6.07) is 5.54. The van der Waals surface area contributed by atoms with Gasteiger partial charge in [0.25, 0.3) is 0 Å². The Hall–Kier alpha value is -1.62. The van der Waals surface area contributed by atoms with Gasteiger partial charge >= 0.3 is 0 Å². The number of halogens is 1. The first-order valence-electron chi connectivity index (χ1n) is 3.25. The molecule has 12 heavy (non-hydrogen) atoms. The molecular formula is C7H9FN4. The number of benzene rings is 1. The van der Waals surface area contributed by atoms with Gasteiger partial charge in [0.15, 0.2) is 0 Å². The fraction of sp³-hybridized carbons (Fsp3) is 0. The molecule has 1 aromatic rings. The second kappa shape index (κ2) is 3.19. The highest BCUT2D eigenvalue weighted by atomic mass is 19.1. The van der Waals surface area contributed by atoms with Gasteiger partial charge in [0.1, 0.15) is 5.82 Å². The first-order chi connectivity index (χ1) is 5.61. The third-order valence-electron chi connectivity index (χ3n) is 1.35. The first kappa shape index (κ1) is 8.48. The second-order valence-corrected chi connectivity index (χ2v) is 2.24. The molecule has 0 radical (unpaired) electrons. The van der Waals surface area contributed by atoms with Crippen LogP contribution in [0.4, 0.5) is 10.1 Å². The molecule has 0 fully saturated rings. The van der Waals surface area contributed by atoms with E-state index in [0.717, 1.165) is 5.01 Å². The number of guanidine groups is 1. The monoisotopic (exact) mass is 168 g/mol. The van der Waals surface area contributed by atoms with E-state index in [9.17, 15) is 4.39 Å². The van der Waals surface area contributed by atoms with Gasteiger partial charge in [-0.15, -0.1) is 0 Å². The fourth-order valence-electron chi connectivity index (χ4n) is 0.765. The van der Waals surface area contributed by atoms with Crippen molar-refractivity contribution in [1.82, 2.24) is 0 Å². The van der Waals surface area contributed by atoms with Crippen LogP contribution < -0.4 is 16.6 Å². The molecule has 0 aliphatic rings. The Labute approximate surface area is 69.1 Å². The summed E-state index contributed by atoms with van der Waals surface area (Å²) < 4.78 is 12.6. The highest BCUT2D eigenvalue weighted by molar-refractivity contribution is 5.91. The molecule has 1 rings (SSSR count). The summed E-state index contributed by atoms with van der Waals surface area (Å²) >= 11 is 0. The number of rotatable bonds is 1. The average molecular weight is 168 g/mol. The van der Waals surface area contributed by atoms with Crippen LogP contribution in [0.5, 0.6) is 0 Å². The third kappa shape index (κ3) is 1.70. The van der Waals surface area contributed by atoms with E-state index in [1.54, 1.807) is 6.07 Å². The summed E-state index contributed by atoms with van der Waals surface area (Å²) in [7, 11) is 0. The second-order valence-electron chi connectivity index (χ2n) is 2.24. The van der Waals surface area contributed by atoms with Crippen molar-refractivity contribution in [3.05, 3.63) is 30.1 Å². The van der Waals surface area contributed by atoms with Crippen molar-refractivity contribution in [3.8, 4) is 0 Å². The molecule has 0 heterocycles. The maximum Gasteiger partial charge on any atom is 0.207 e. The van der Waals surface area contributed by atoms with Crippen LogP contribution in [-0.4, -0.2) is 5.96 Å². The standard InChI is InChI=1S/C7H9FN4/c8-5-2-1-3-6(4-5)12(11)7(9)10/h1-4H,11H2,(H3,9,10). The van der Waals surface area contributed by atoms with E-state index in [4.69, 9.17) is 17.0 Å². The van der Waals surface area contributed by atoms with Crippen LogP contribution in [0.3, 0.4) is 0 Å². The Bertz CT molecular complexity index is 299. The Morgan fingerprint density at radius 1 is 1.50 bits per heavy atom. The molecule has 0 unspecified atom stereocenters. The molecule has 0 bridgehead atoms. The van der Waals surface area contributed by atoms with E-state index in [-0.39, 0.29) is 5.96 Å². The van der Waals surface area contributed by atoms with Crippen molar-refractivity contribution < 1.29 is 4.39 Å². The van der Waals surface area contributed by atoms with E-state index in [2.05, 4.69) is 0 Å². The van der Waals surface area contributed by atoms with E-state index in [1.807, 2.05) is 0 Å². The third-order valence-corrected chi connectivity index (χ3v) is 1.35. The largest absolute Gasteiger partial charge is 0.369 e. The maximum atomic E-state index is 12.6. The molecule has 0 amide bonds. The fourth-order valence-corrected chi connectivity index (χ4v) is 0.765. The molecule has 0 aliphatic carbocycles. The van der Waals surface area contributed by atoms with Gasteiger partial charge < -0.3 is 5.73 Å². The summed E-state index contributed by atoms with van der Waals surface area (Å²) in [6.45, 7) is 0. The summed E-state index contributed by atoms with van der Waals surface area (Å²) in [5.41, 5.74) is 5.43. The lowest BCUT2D eigenvalue weighted by molar-refractivity contribution is 0.628. The molecule has 64 valence electrons. The highest BCUT2D eigenvalue weighted by Gasteiger charge is 2.03. The van der Waals surface area contributed by atoms with Crippen molar-refractivity contribution >= 4 is 11.6 Å². The Kier molecular flexibility index (Phi) is 2.25. The summed E-state index contributed by atoms with van der Waals surface area (Å²) in [5.74, 6) is 4.58. The van der Waals surface area contributed by atoms with Gasteiger partial charge in [0.2, 0.25) is 5.96 Å². The lowest BCUT2D eigenvalue weighted by Crippen LogP contribution is -2.42. The van der Waals surface area contributed by atoms with Crippen molar-refractivity contribution in [2.75, 3.05) is 5.01 Å². The zero-order chi connectivity index (χ0) is 9.14. The van der Waals surface area contributed by atoms with Gasteiger partial charge in [0.05, 0.1) is 5.69 Å². The maximum absolute atomic E-state index is 12.6. The average Bonchev–Trinajstić information content (AvgIpc) is 2.03. The summed E-state index contributed by atoms with van der Waals surface area (Å²) in [5, 5.41) is 7.86. The summed E-state index contributed by atoms with van der Waals surface area (Å²) in [4.78, 5) is 0. The lowest BCUT2D eigenvalue weighted by Gasteiger charge is -2.15. The zero-order valence-corrected chi connectivity index (χ0v) is 6.29. The number of hydrogen-bond acceptors (Lipinski definition) is 2. The molecule has 0 saturated heterocycles. The number of hydrazine groups is 1. The van der Waals surface area contributed by atoms with Gasteiger partial charge in [-0.2, -0.15) is 0 Å². The van der Waals surface area contributed by atoms with Crippen LogP contribution in [0.25, 0.3) is 0 Å². The van der Waals surface area contributed by atoms with Crippen molar-refractivity contribution in [1.29, 1.82) is 5.41 Å². The van der Waals surface area contributed by atoms with Crippen LogP contribution in [-0.2, 0) is 0 Å². The first-order valence-corrected chi connectivity index (χ1v) is 3.25. The predicted molar refractivity (Wildman–Crippen MR) is 45.0 cm³/mol. The predicted octanol–water partition coefficient (Wildman–Crippen LogP) is 0.399. The number of nitrogens with zero attached hydrogens (tertiary/aromatic N) is 1. The molecule has 5 N–H and O–H groups in total. The van der Waals surface area contributed by atoms with Gasteiger partial charge in [-0.1, -0.05) is 6.07 Å². The van der Waals surface area contributed by atoms with Crippen LogP contribution >= 0.6 is 0 Å². The van der Waals surface area contributed by atoms with E-state index >= 15 is 0 Å². The molecular weight excluding hydrogens is 159 g/mol. The lowest BCUT2D eigenvalue weighted by atomic mass is 10.3. The number of nitrogens with one attached hydrogen (secondary N) is 1. The molecule has 1 aromatic carbocycles. The molecule has 5 heteroatoms. The van der Waals surface area contributed by atoms with Crippen molar-refractivity contribution in [2.24, 2.45) is 11.6 Å². The number of hydrogen-bond donors (Lipinski definition) is 3. The normalized spacial score (nSPS) is 9.50. The van der Waals surface area contributed by atoms with Crippen LogP contribution in [0.1, 0.15) is 0 Å². The minimum absolute atomic E-state index is 0.333. The quantitative estimate of drug-likeness (QED) is 0.246. The Morgan fingerprint density at radius 2 is 2.17 bits per heavy atom. The minimum Gasteiger partial charge on any atom is -0.369 e. The van der Waals surface area contributed by atoms with E-state index in [0.29, 0.717) is 5.69 Å². The van der Waals surface area contributed by atoms with Gasteiger partial charge in [0, 0.05) is 0 Å². The Balaban J connectivity index is 2.95. The number of nitrogens with two attached hydrogens (primary N) is 2. The van der Waals surface area contributed by atoms with Gasteiger partial charge in [-0.05, 0) is 18.2 Å². The van der Waals surface area contributed by atoms with Crippen molar-refractivity contribution in [3.63, 3.8) is 0 Å². The molecule has 4 nitrogen and oxygen atoms in total.